The van der Waals surface area contributed by atoms with E-state index in [2.05, 4.69) is 25.8 Å². The van der Waals surface area contributed by atoms with Crippen molar-refractivity contribution in [1.82, 2.24) is 30.5 Å². The Kier molecular flexibility index (Phi) is 4.99. The number of aliphatic hydroxyl groups is 1. The largest absolute Gasteiger partial charge is 0.396 e. The molecule has 0 fully saturated rings. The fraction of sp³-hybridized carbons (Fsp3) is 0.636. The van der Waals surface area contributed by atoms with Gasteiger partial charge >= 0.3 is 0 Å². The summed E-state index contributed by atoms with van der Waals surface area (Å²) < 4.78 is 6.62. The predicted octanol–water partition coefficient (Wildman–Crippen LogP) is -0.316. The predicted molar refractivity (Wildman–Crippen MR) is 66.2 cm³/mol. The van der Waals surface area contributed by atoms with Gasteiger partial charge in [-0.2, -0.15) is 4.98 Å². The number of rotatable bonds is 8. The Balaban J connectivity index is 1.66. The van der Waals surface area contributed by atoms with E-state index in [-0.39, 0.29) is 6.61 Å². The molecular weight excluding hydrogens is 248 g/mol. The van der Waals surface area contributed by atoms with E-state index in [0.717, 1.165) is 18.7 Å². The number of hydrogen-bond donors (Lipinski definition) is 2. The maximum absolute atomic E-state index is 8.72. The van der Waals surface area contributed by atoms with Gasteiger partial charge in [-0.1, -0.05) is 10.4 Å². The second-order valence-electron chi connectivity index (χ2n) is 4.21. The molecular formula is C11H18N6O2. The molecule has 2 aromatic rings. The molecule has 0 unspecified atom stereocenters. The van der Waals surface area contributed by atoms with Crippen LogP contribution in [0.15, 0.2) is 10.7 Å². The summed E-state index contributed by atoms with van der Waals surface area (Å²) in [7, 11) is 0. The number of nitrogens with zero attached hydrogens (tertiary/aromatic N) is 5. The van der Waals surface area contributed by atoms with Crippen LogP contribution in [0.2, 0.25) is 0 Å². The molecule has 0 aliphatic carbocycles. The summed E-state index contributed by atoms with van der Waals surface area (Å²) in [5, 5.41) is 23.8. The molecule has 0 saturated heterocycles. The van der Waals surface area contributed by atoms with Gasteiger partial charge in [0.25, 0.3) is 0 Å². The molecule has 0 bridgehead atoms. The highest BCUT2D eigenvalue weighted by atomic mass is 16.5. The Morgan fingerprint density at radius 3 is 3.11 bits per heavy atom. The SMILES string of the molecule is Cc1nc(CCNCc2cn(CCCO)nn2)no1. The molecule has 0 spiro atoms. The molecule has 8 nitrogen and oxygen atoms in total. The van der Waals surface area contributed by atoms with Crippen LogP contribution in [0.1, 0.15) is 23.8 Å². The minimum atomic E-state index is 0.164. The highest BCUT2D eigenvalue weighted by molar-refractivity contribution is 4.92. The first-order chi connectivity index (χ1) is 9.28. The lowest BCUT2D eigenvalue weighted by Crippen LogP contribution is -2.17. The second kappa shape index (κ2) is 6.95. The zero-order valence-electron chi connectivity index (χ0n) is 10.9. The summed E-state index contributed by atoms with van der Waals surface area (Å²) in [6.07, 6.45) is 3.28. The van der Waals surface area contributed by atoms with Crippen LogP contribution in [0.3, 0.4) is 0 Å². The van der Waals surface area contributed by atoms with E-state index in [1.807, 2.05) is 6.20 Å². The van der Waals surface area contributed by atoms with E-state index in [0.29, 0.717) is 31.2 Å². The molecule has 0 radical (unpaired) electrons. The minimum Gasteiger partial charge on any atom is -0.396 e. The van der Waals surface area contributed by atoms with Gasteiger partial charge in [0.05, 0.1) is 5.69 Å². The molecule has 0 saturated carbocycles. The van der Waals surface area contributed by atoms with Crippen LogP contribution >= 0.6 is 0 Å². The van der Waals surface area contributed by atoms with E-state index < -0.39 is 0 Å². The lowest BCUT2D eigenvalue weighted by molar-refractivity contribution is 0.276. The van der Waals surface area contributed by atoms with Gasteiger partial charge < -0.3 is 14.9 Å². The van der Waals surface area contributed by atoms with Crippen molar-refractivity contribution in [3.05, 3.63) is 23.6 Å². The van der Waals surface area contributed by atoms with Crippen LogP contribution in [0.4, 0.5) is 0 Å². The van der Waals surface area contributed by atoms with Crippen LogP contribution in [0.5, 0.6) is 0 Å². The van der Waals surface area contributed by atoms with Crippen molar-refractivity contribution in [1.29, 1.82) is 0 Å². The van der Waals surface area contributed by atoms with E-state index in [4.69, 9.17) is 9.63 Å². The van der Waals surface area contributed by atoms with Gasteiger partial charge in [-0.3, -0.25) is 4.68 Å². The van der Waals surface area contributed by atoms with Crippen molar-refractivity contribution < 1.29 is 9.63 Å². The molecule has 0 aliphatic rings. The summed E-state index contributed by atoms with van der Waals surface area (Å²) in [4.78, 5) is 4.12. The van der Waals surface area contributed by atoms with Crippen molar-refractivity contribution in [3.8, 4) is 0 Å². The Bertz CT molecular complexity index is 495. The highest BCUT2D eigenvalue weighted by Crippen LogP contribution is 1.96. The first-order valence-corrected chi connectivity index (χ1v) is 6.27. The smallest absolute Gasteiger partial charge is 0.223 e. The molecule has 0 amide bonds. The standard InChI is InChI=1S/C11H18N6O2/c1-9-13-11(15-19-9)3-4-12-7-10-8-17(16-14-10)5-2-6-18/h8,12,18H,2-7H2,1H3. The monoisotopic (exact) mass is 266 g/mol. The van der Waals surface area contributed by atoms with Crippen molar-refractivity contribution in [2.24, 2.45) is 0 Å². The second-order valence-corrected chi connectivity index (χ2v) is 4.21. The molecule has 0 aliphatic heterocycles. The quantitative estimate of drug-likeness (QED) is 0.631. The maximum Gasteiger partial charge on any atom is 0.223 e. The van der Waals surface area contributed by atoms with Gasteiger partial charge in [-0.25, -0.2) is 0 Å². The van der Waals surface area contributed by atoms with Crippen LogP contribution in [0, 0.1) is 6.92 Å². The zero-order valence-corrected chi connectivity index (χ0v) is 10.9. The van der Waals surface area contributed by atoms with E-state index in [9.17, 15) is 0 Å². The lowest BCUT2D eigenvalue weighted by atomic mass is 10.4. The molecule has 19 heavy (non-hydrogen) atoms. The van der Waals surface area contributed by atoms with Crippen molar-refractivity contribution >= 4 is 0 Å². The van der Waals surface area contributed by atoms with Crippen molar-refractivity contribution in [2.45, 2.75) is 32.9 Å². The van der Waals surface area contributed by atoms with Gasteiger partial charge in [-0.05, 0) is 6.42 Å². The highest BCUT2D eigenvalue weighted by Gasteiger charge is 2.03. The number of hydrogen-bond acceptors (Lipinski definition) is 7. The van der Waals surface area contributed by atoms with Gasteiger partial charge in [-0.15, -0.1) is 5.10 Å². The first-order valence-electron chi connectivity index (χ1n) is 6.27. The minimum absolute atomic E-state index is 0.164. The third-order valence-corrected chi connectivity index (χ3v) is 2.53. The summed E-state index contributed by atoms with van der Waals surface area (Å²) in [6, 6.07) is 0. The number of nitrogens with one attached hydrogen (secondary N) is 1. The van der Waals surface area contributed by atoms with Gasteiger partial charge in [0.15, 0.2) is 5.82 Å². The first kappa shape index (κ1) is 13.6. The van der Waals surface area contributed by atoms with Crippen LogP contribution in [-0.2, 0) is 19.5 Å². The van der Waals surface area contributed by atoms with Gasteiger partial charge in [0, 0.05) is 45.8 Å². The summed E-state index contributed by atoms with van der Waals surface area (Å²) in [6.45, 7) is 4.02. The van der Waals surface area contributed by atoms with E-state index in [1.54, 1.807) is 11.6 Å². The van der Waals surface area contributed by atoms with Crippen LogP contribution in [-0.4, -0.2) is 43.4 Å². The number of aliphatic hydroxyl groups excluding tert-OH is 1. The summed E-state index contributed by atoms with van der Waals surface area (Å²) in [5.74, 6) is 1.29. The van der Waals surface area contributed by atoms with E-state index >= 15 is 0 Å². The average Bonchev–Trinajstić information content (AvgIpc) is 3.01. The molecule has 8 heteroatoms. The topological polar surface area (TPSA) is 102 Å². The summed E-state index contributed by atoms with van der Waals surface area (Å²) >= 11 is 0. The molecule has 0 atom stereocenters. The van der Waals surface area contributed by atoms with Crippen molar-refractivity contribution in [2.75, 3.05) is 13.2 Å². The molecule has 0 aromatic carbocycles. The molecule has 2 rings (SSSR count). The third kappa shape index (κ3) is 4.42. The fourth-order valence-electron chi connectivity index (χ4n) is 1.62. The summed E-state index contributed by atoms with van der Waals surface area (Å²) in [5.41, 5.74) is 0.877. The number of aryl methyl sites for hydroxylation is 2. The van der Waals surface area contributed by atoms with Crippen LogP contribution < -0.4 is 5.32 Å². The average molecular weight is 266 g/mol. The lowest BCUT2D eigenvalue weighted by Gasteiger charge is -1.99. The molecule has 2 aromatic heterocycles. The van der Waals surface area contributed by atoms with Crippen molar-refractivity contribution in [3.63, 3.8) is 0 Å². The molecule has 2 N–H and O–H groups in total. The van der Waals surface area contributed by atoms with Gasteiger partial charge in [0.1, 0.15) is 0 Å². The van der Waals surface area contributed by atoms with Crippen LogP contribution in [0.25, 0.3) is 0 Å². The molecule has 104 valence electrons. The maximum atomic E-state index is 8.72. The fourth-order valence-corrected chi connectivity index (χ4v) is 1.62. The van der Waals surface area contributed by atoms with Gasteiger partial charge in [0.2, 0.25) is 5.89 Å². The Morgan fingerprint density at radius 2 is 2.37 bits per heavy atom. The Hall–Kier alpha value is -1.80. The Labute approximate surface area is 110 Å². The van der Waals surface area contributed by atoms with E-state index in [1.165, 1.54) is 0 Å². The zero-order chi connectivity index (χ0) is 13.5. The number of aromatic nitrogens is 5. The normalized spacial score (nSPS) is 11.1. The Morgan fingerprint density at radius 1 is 1.47 bits per heavy atom. The molecule has 2 heterocycles. The third-order valence-electron chi connectivity index (χ3n) is 2.53.